The van der Waals surface area contributed by atoms with Crippen LogP contribution in [-0.2, 0) is 15.1 Å². The summed E-state index contributed by atoms with van der Waals surface area (Å²) in [6.07, 6.45) is 2.66. The summed E-state index contributed by atoms with van der Waals surface area (Å²) in [5, 5.41) is 11.1. The standard InChI is InChI=1S/C36H43N3O7/c1-5-6-20-38-22-32(39-21-26(2)33(41)37-34(39)42)46-35(23-38,24-40)25-45-36(27-10-8-7-9-11-27,28-12-16-30(43-3)17-13-28)29-14-18-31(44-4)19-15-29/h7-19,21,32,40H,5-6,20,22-25H2,1-4H3,(H,37,41,42)/t32-,35-/m1/s1. The van der Waals surface area contributed by atoms with E-state index in [2.05, 4.69) is 16.8 Å². The van der Waals surface area contributed by atoms with Crippen molar-refractivity contribution in [1.82, 2.24) is 14.5 Å². The second-order valence-electron chi connectivity index (χ2n) is 11.8. The molecule has 4 aromatic rings. The van der Waals surface area contributed by atoms with Crippen molar-refractivity contribution in [2.24, 2.45) is 0 Å². The van der Waals surface area contributed by atoms with Crippen LogP contribution in [0.5, 0.6) is 11.5 Å². The quantitative estimate of drug-likeness (QED) is 0.211. The van der Waals surface area contributed by atoms with Gasteiger partial charge in [0.15, 0.2) is 6.23 Å². The zero-order valence-corrected chi connectivity index (χ0v) is 26.9. The number of benzene rings is 3. The van der Waals surface area contributed by atoms with E-state index in [1.807, 2.05) is 78.9 Å². The SMILES string of the molecule is CCCCN1C[C@H](n2cc(C)c(=O)[nH]c2=O)O[C@](CO)(COC(c2ccccc2)(c2ccc(OC)cc2)c2ccc(OC)cc2)C1. The van der Waals surface area contributed by atoms with Crippen molar-refractivity contribution in [3.63, 3.8) is 0 Å². The lowest BCUT2D eigenvalue weighted by Gasteiger charge is -2.47. The molecule has 10 heteroatoms. The van der Waals surface area contributed by atoms with E-state index in [-0.39, 0.29) is 13.2 Å². The summed E-state index contributed by atoms with van der Waals surface area (Å²) in [7, 11) is 3.25. The fourth-order valence-electron chi connectivity index (χ4n) is 6.08. The van der Waals surface area contributed by atoms with Crippen molar-refractivity contribution >= 4 is 0 Å². The monoisotopic (exact) mass is 629 g/mol. The Bertz CT molecular complexity index is 1640. The minimum atomic E-state index is -1.21. The number of H-pyrrole nitrogens is 1. The van der Waals surface area contributed by atoms with Crippen molar-refractivity contribution in [3.8, 4) is 11.5 Å². The number of aromatic nitrogens is 2. The number of morpholine rings is 1. The first-order valence-corrected chi connectivity index (χ1v) is 15.6. The Kier molecular flexibility index (Phi) is 10.4. The van der Waals surface area contributed by atoms with Crippen LogP contribution in [0.25, 0.3) is 0 Å². The van der Waals surface area contributed by atoms with Crippen molar-refractivity contribution in [1.29, 1.82) is 0 Å². The molecule has 0 unspecified atom stereocenters. The van der Waals surface area contributed by atoms with Crippen LogP contribution in [0.1, 0.15) is 48.2 Å². The van der Waals surface area contributed by atoms with Gasteiger partial charge >= 0.3 is 5.69 Å². The van der Waals surface area contributed by atoms with Crippen LogP contribution in [0.3, 0.4) is 0 Å². The molecule has 0 radical (unpaired) electrons. The van der Waals surface area contributed by atoms with Crippen molar-refractivity contribution in [2.45, 2.75) is 44.1 Å². The number of unbranched alkanes of at least 4 members (excludes halogenated alkanes) is 1. The van der Waals surface area contributed by atoms with Gasteiger partial charge in [-0.1, -0.05) is 67.9 Å². The molecule has 2 atom stereocenters. The Hall–Kier alpha value is -4.22. The molecular formula is C36H43N3O7. The summed E-state index contributed by atoms with van der Waals surface area (Å²) < 4.78 is 26.1. The van der Waals surface area contributed by atoms with Gasteiger partial charge < -0.3 is 24.1 Å². The van der Waals surface area contributed by atoms with Crippen LogP contribution in [-0.4, -0.2) is 72.2 Å². The third-order valence-corrected chi connectivity index (χ3v) is 8.61. The number of aliphatic hydroxyl groups excluding tert-OH is 1. The fraction of sp³-hybridized carbons (Fsp3) is 0.389. The Morgan fingerprint density at radius 1 is 0.935 bits per heavy atom. The van der Waals surface area contributed by atoms with Crippen LogP contribution in [0.2, 0.25) is 0 Å². The lowest BCUT2D eigenvalue weighted by molar-refractivity contribution is -0.230. The van der Waals surface area contributed by atoms with Gasteiger partial charge in [-0.25, -0.2) is 4.79 Å². The van der Waals surface area contributed by atoms with E-state index >= 15 is 0 Å². The molecule has 0 bridgehead atoms. The maximum atomic E-state index is 13.0. The van der Waals surface area contributed by atoms with Gasteiger partial charge in [-0.05, 0) is 60.8 Å². The molecule has 1 aliphatic heterocycles. The average Bonchev–Trinajstić information content (AvgIpc) is 3.10. The van der Waals surface area contributed by atoms with E-state index in [4.69, 9.17) is 18.9 Å². The molecule has 2 heterocycles. The molecule has 0 saturated carbocycles. The Labute approximate surface area is 269 Å². The molecule has 0 amide bonds. The number of nitrogens with one attached hydrogen (secondary N) is 1. The van der Waals surface area contributed by atoms with E-state index in [1.54, 1.807) is 21.1 Å². The highest BCUT2D eigenvalue weighted by molar-refractivity contribution is 5.49. The van der Waals surface area contributed by atoms with E-state index < -0.39 is 28.7 Å². The largest absolute Gasteiger partial charge is 0.497 e. The Morgan fingerprint density at radius 2 is 1.52 bits per heavy atom. The minimum Gasteiger partial charge on any atom is -0.497 e. The number of nitrogens with zero attached hydrogens (tertiary/aromatic N) is 2. The number of rotatable bonds is 13. The highest BCUT2D eigenvalue weighted by Gasteiger charge is 2.46. The number of aliphatic hydroxyl groups is 1. The third kappa shape index (κ3) is 6.80. The molecule has 10 nitrogen and oxygen atoms in total. The first-order valence-electron chi connectivity index (χ1n) is 15.6. The van der Waals surface area contributed by atoms with Crippen LogP contribution >= 0.6 is 0 Å². The van der Waals surface area contributed by atoms with Crippen molar-refractivity contribution in [3.05, 3.63) is 128 Å². The maximum absolute atomic E-state index is 13.0. The molecule has 3 aromatic carbocycles. The zero-order valence-electron chi connectivity index (χ0n) is 26.9. The van der Waals surface area contributed by atoms with Crippen LogP contribution in [0.4, 0.5) is 0 Å². The average molecular weight is 630 g/mol. The van der Waals surface area contributed by atoms with Gasteiger partial charge in [0.1, 0.15) is 22.7 Å². The summed E-state index contributed by atoms with van der Waals surface area (Å²) in [5.41, 5.74) is -0.385. The van der Waals surface area contributed by atoms with Crippen LogP contribution < -0.4 is 20.7 Å². The second kappa shape index (κ2) is 14.5. The van der Waals surface area contributed by atoms with E-state index in [0.717, 1.165) is 36.1 Å². The van der Waals surface area contributed by atoms with E-state index in [0.29, 0.717) is 30.2 Å². The van der Waals surface area contributed by atoms with Crippen molar-refractivity contribution < 1.29 is 24.1 Å². The Balaban J connectivity index is 1.62. The fourth-order valence-corrected chi connectivity index (χ4v) is 6.08. The molecule has 1 aliphatic rings. The van der Waals surface area contributed by atoms with Gasteiger partial charge in [0.2, 0.25) is 0 Å². The first-order chi connectivity index (χ1) is 22.3. The number of aryl methyl sites for hydroxylation is 1. The summed E-state index contributed by atoms with van der Waals surface area (Å²) >= 11 is 0. The minimum absolute atomic E-state index is 0.0212. The predicted octanol–water partition coefficient (Wildman–Crippen LogP) is 4.23. The maximum Gasteiger partial charge on any atom is 0.330 e. The smallest absolute Gasteiger partial charge is 0.330 e. The summed E-state index contributed by atoms with van der Waals surface area (Å²) in [6, 6.07) is 25.4. The number of ether oxygens (including phenoxy) is 4. The topological polar surface area (TPSA) is 115 Å². The molecule has 244 valence electrons. The van der Waals surface area contributed by atoms with E-state index in [1.165, 1.54) is 10.8 Å². The van der Waals surface area contributed by atoms with E-state index in [9.17, 15) is 14.7 Å². The lowest BCUT2D eigenvalue weighted by Crippen LogP contribution is -2.60. The van der Waals surface area contributed by atoms with Crippen molar-refractivity contribution in [2.75, 3.05) is 47.1 Å². The summed E-state index contributed by atoms with van der Waals surface area (Å²) in [6.45, 7) is 4.92. The van der Waals surface area contributed by atoms with Gasteiger partial charge in [0.05, 0.1) is 27.4 Å². The Morgan fingerprint density at radius 3 is 2.07 bits per heavy atom. The molecule has 5 rings (SSSR count). The van der Waals surface area contributed by atoms with Crippen LogP contribution in [0, 0.1) is 6.92 Å². The number of methoxy groups -OCH3 is 2. The van der Waals surface area contributed by atoms with Gasteiger partial charge in [-0.15, -0.1) is 0 Å². The number of aromatic amines is 1. The summed E-state index contributed by atoms with van der Waals surface area (Å²) in [4.78, 5) is 29.7. The van der Waals surface area contributed by atoms with Gasteiger partial charge in [-0.2, -0.15) is 0 Å². The van der Waals surface area contributed by atoms with Gasteiger partial charge in [-0.3, -0.25) is 19.2 Å². The first kappa shape index (κ1) is 33.2. The van der Waals surface area contributed by atoms with Gasteiger partial charge in [0.25, 0.3) is 5.56 Å². The summed E-state index contributed by atoms with van der Waals surface area (Å²) in [5.74, 6) is 1.41. The molecule has 1 fully saturated rings. The molecule has 2 N–H and O–H groups in total. The highest BCUT2D eigenvalue weighted by atomic mass is 16.6. The molecular weight excluding hydrogens is 586 g/mol. The normalized spacial score (nSPS) is 18.8. The number of hydrogen-bond acceptors (Lipinski definition) is 8. The predicted molar refractivity (Wildman–Crippen MR) is 176 cm³/mol. The van der Waals surface area contributed by atoms with Crippen LogP contribution in [0.15, 0.2) is 94.6 Å². The lowest BCUT2D eigenvalue weighted by atomic mass is 9.79. The molecule has 1 aromatic heterocycles. The molecule has 1 saturated heterocycles. The second-order valence-corrected chi connectivity index (χ2v) is 11.8. The number of hydrogen-bond donors (Lipinski definition) is 2. The highest BCUT2D eigenvalue weighted by Crippen LogP contribution is 2.43. The molecule has 0 spiro atoms. The zero-order chi connectivity index (χ0) is 32.7. The molecule has 46 heavy (non-hydrogen) atoms. The van der Waals surface area contributed by atoms with Gasteiger partial charge in [0, 0.05) is 24.8 Å². The third-order valence-electron chi connectivity index (χ3n) is 8.61. The molecule has 0 aliphatic carbocycles.